The maximum Gasteiger partial charge on any atom is 0.135 e. The lowest BCUT2D eigenvalue weighted by Gasteiger charge is -2.39. The monoisotopic (exact) mass is 493 g/mol. The van der Waals surface area contributed by atoms with Crippen molar-refractivity contribution < 1.29 is 9.84 Å². The van der Waals surface area contributed by atoms with Crippen LogP contribution in [0, 0.1) is 23.7 Å². The van der Waals surface area contributed by atoms with Gasteiger partial charge in [-0.3, -0.25) is 9.88 Å². The average molecular weight is 494 g/mol. The van der Waals surface area contributed by atoms with E-state index < -0.39 is 6.23 Å². The number of aliphatic hydroxyl groups is 1. The van der Waals surface area contributed by atoms with E-state index in [9.17, 15) is 10.4 Å². The highest BCUT2D eigenvalue weighted by molar-refractivity contribution is 5.52. The zero-order valence-corrected chi connectivity index (χ0v) is 22.6. The number of nitrogens with zero attached hydrogens (tertiary/aromatic N) is 3. The summed E-state index contributed by atoms with van der Waals surface area (Å²) in [5, 5.41) is 27.0. The minimum absolute atomic E-state index is 0.0290. The van der Waals surface area contributed by atoms with Gasteiger partial charge < -0.3 is 20.5 Å². The van der Waals surface area contributed by atoms with E-state index in [1.807, 2.05) is 38.1 Å². The summed E-state index contributed by atoms with van der Waals surface area (Å²) in [5.41, 5.74) is 4.32. The van der Waals surface area contributed by atoms with Crippen LogP contribution in [-0.2, 0) is 4.74 Å². The number of hydrogen-bond acceptors (Lipinski definition) is 7. The van der Waals surface area contributed by atoms with Crippen molar-refractivity contribution in [2.45, 2.75) is 59.6 Å². The Morgan fingerprint density at radius 2 is 2.14 bits per heavy atom. The molecule has 1 saturated heterocycles. The Morgan fingerprint density at radius 3 is 2.78 bits per heavy atom. The van der Waals surface area contributed by atoms with Crippen LogP contribution >= 0.6 is 0 Å². The minimum atomic E-state index is -0.720. The summed E-state index contributed by atoms with van der Waals surface area (Å²) in [7, 11) is 1.69. The zero-order valence-electron chi connectivity index (χ0n) is 22.6. The van der Waals surface area contributed by atoms with Gasteiger partial charge in [0.15, 0.2) is 0 Å². The third-order valence-electron chi connectivity index (χ3n) is 6.70. The van der Waals surface area contributed by atoms with Gasteiger partial charge in [0.1, 0.15) is 6.23 Å². The van der Waals surface area contributed by atoms with Crippen LogP contribution in [0.4, 0.5) is 5.69 Å². The lowest BCUT2D eigenvalue weighted by atomic mass is 9.80. The number of hydrogen-bond donors (Lipinski definition) is 3. The van der Waals surface area contributed by atoms with Crippen LogP contribution in [0.5, 0.6) is 0 Å². The molecule has 196 valence electrons. The molecule has 7 nitrogen and oxygen atoms in total. The first-order valence-electron chi connectivity index (χ1n) is 12.8. The van der Waals surface area contributed by atoms with Crippen molar-refractivity contribution in [2.75, 3.05) is 38.7 Å². The summed E-state index contributed by atoms with van der Waals surface area (Å²) < 4.78 is 5.07. The molecule has 36 heavy (non-hydrogen) atoms. The molecule has 0 aliphatic carbocycles. The maximum atomic E-state index is 11.1. The number of rotatable bonds is 13. The van der Waals surface area contributed by atoms with E-state index in [4.69, 9.17) is 4.74 Å². The fourth-order valence-electron chi connectivity index (χ4n) is 4.01. The first-order chi connectivity index (χ1) is 17.2. The molecule has 0 saturated carbocycles. The van der Waals surface area contributed by atoms with E-state index in [2.05, 4.69) is 53.1 Å². The van der Waals surface area contributed by atoms with Crippen molar-refractivity contribution in [1.82, 2.24) is 15.2 Å². The summed E-state index contributed by atoms with van der Waals surface area (Å²) in [6.07, 6.45) is 12.7. The number of nitrogens with one attached hydrogen (secondary N) is 2. The molecular weight excluding hydrogens is 450 g/mol. The van der Waals surface area contributed by atoms with E-state index in [0.717, 1.165) is 62.3 Å². The predicted octanol–water partition coefficient (Wildman–Crippen LogP) is 5.35. The number of methoxy groups -OCH3 is 1. The molecule has 0 amide bonds. The number of aromatic nitrogens is 1. The van der Waals surface area contributed by atoms with Crippen LogP contribution in [-0.4, -0.2) is 48.3 Å². The highest BCUT2D eigenvalue weighted by atomic mass is 16.5. The molecule has 1 fully saturated rings. The van der Waals surface area contributed by atoms with Crippen molar-refractivity contribution >= 4 is 5.69 Å². The van der Waals surface area contributed by atoms with Crippen LogP contribution < -0.4 is 10.6 Å². The summed E-state index contributed by atoms with van der Waals surface area (Å²) >= 11 is 0. The molecule has 1 aromatic rings. The van der Waals surface area contributed by atoms with Crippen molar-refractivity contribution in [1.29, 1.82) is 5.26 Å². The number of allylic oxidation sites excluding steroid dienone is 6. The second kappa shape index (κ2) is 14.6. The quantitative estimate of drug-likeness (QED) is 0.194. The molecule has 0 aromatic carbocycles. The van der Waals surface area contributed by atoms with E-state index in [1.165, 1.54) is 5.57 Å². The number of aryl methyl sites for hydroxylation is 1. The topological polar surface area (TPSA) is 93.4 Å². The fourth-order valence-corrected chi connectivity index (χ4v) is 4.01. The number of piperidine rings is 1. The fraction of sp³-hybridized carbons (Fsp3) is 0.517. The highest BCUT2D eigenvalue weighted by Gasteiger charge is 2.31. The van der Waals surface area contributed by atoms with Crippen molar-refractivity contribution in [2.24, 2.45) is 5.41 Å². The predicted molar refractivity (Wildman–Crippen MR) is 147 cm³/mol. The van der Waals surface area contributed by atoms with Crippen LogP contribution in [0.15, 0.2) is 60.1 Å². The number of aliphatic hydroxyl groups excluding tert-OH is 1. The Bertz CT molecular complexity index is 997. The number of nitriles is 1. The molecule has 0 bridgehead atoms. The van der Waals surface area contributed by atoms with Crippen molar-refractivity contribution in [3.8, 4) is 6.07 Å². The standard InChI is InChI=1S/C29H43N5O2/c1-7-22(2)18-25(20-30)10-8-11-29(5)12-15-34(16-13-29)28(35)26-19-27(23(3)32-21-26)33-24(4)31-14-9-17-36-6/h8,10-11,18-19,21,28,31,33,35H,4,7,9,12-17H2,1-3,5-6H3/b11-8+,22-18+,25-10+. The average Bonchev–Trinajstić information content (AvgIpc) is 2.87. The van der Waals surface area contributed by atoms with E-state index in [-0.39, 0.29) is 5.41 Å². The molecule has 2 rings (SSSR count). The second-order valence-corrected chi connectivity index (χ2v) is 9.78. The number of likely N-dealkylation sites (tertiary alicyclic amines) is 1. The van der Waals surface area contributed by atoms with Crippen molar-refractivity contribution in [3.63, 3.8) is 0 Å². The van der Waals surface area contributed by atoms with Gasteiger partial charge in [0.2, 0.25) is 0 Å². The van der Waals surface area contributed by atoms with Crippen LogP contribution in [0.1, 0.15) is 63.9 Å². The molecule has 3 N–H and O–H groups in total. The maximum absolute atomic E-state index is 11.1. The van der Waals surface area contributed by atoms with Gasteiger partial charge in [-0.15, -0.1) is 0 Å². The first kappa shape index (κ1) is 29.3. The summed E-state index contributed by atoms with van der Waals surface area (Å²) in [6.45, 7) is 15.3. The zero-order chi connectivity index (χ0) is 26.6. The van der Waals surface area contributed by atoms with E-state index in [1.54, 1.807) is 13.3 Å². The van der Waals surface area contributed by atoms with Crippen molar-refractivity contribution in [3.05, 3.63) is 71.4 Å². The van der Waals surface area contributed by atoms with E-state index >= 15 is 0 Å². The lowest BCUT2D eigenvalue weighted by Crippen LogP contribution is -2.40. The molecule has 0 spiro atoms. The summed E-state index contributed by atoms with van der Waals surface area (Å²) in [6, 6.07) is 4.21. The molecule has 7 heteroatoms. The van der Waals surface area contributed by atoms with Gasteiger partial charge in [-0.2, -0.15) is 5.26 Å². The molecule has 1 unspecified atom stereocenters. The lowest BCUT2D eigenvalue weighted by molar-refractivity contribution is -0.0263. The molecule has 2 heterocycles. The smallest absolute Gasteiger partial charge is 0.135 e. The molecule has 1 aliphatic rings. The third kappa shape index (κ3) is 9.27. The van der Waals surface area contributed by atoms with Crippen LogP contribution in [0.3, 0.4) is 0 Å². The summed E-state index contributed by atoms with van der Waals surface area (Å²) in [5.74, 6) is 0.692. The van der Waals surface area contributed by atoms with Gasteiger partial charge >= 0.3 is 0 Å². The molecule has 0 radical (unpaired) electrons. The highest BCUT2D eigenvalue weighted by Crippen LogP contribution is 2.35. The molecule has 1 aromatic heterocycles. The van der Waals surface area contributed by atoms with Gasteiger partial charge in [-0.1, -0.05) is 38.2 Å². The minimum Gasteiger partial charge on any atom is -0.385 e. The Balaban J connectivity index is 1.97. The van der Waals surface area contributed by atoms with Gasteiger partial charge in [0, 0.05) is 45.1 Å². The Labute approximate surface area is 217 Å². The summed E-state index contributed by atoms with van der Waals surface area (Å²) in [4.78, 5) is 6.58. The SMILES string of the molecule is C=C(NCCCOC)Nc1cc(C(O)N2CCC(C)(/C=C/C=C(C#N)\C=C(/C)CC)CC2)cnc1C. The normalized spacial score (nSPS) is 17.6. The van der Waals surface area contributed by atoms with Gasteiger partial charge in [0.05, 0.1) is 28.8 Å². The second-order valence-electron chi connectivity index (χ2n) is 9.78. The Kier molecular flexibility index (Phi) is 11.9. The number of anilines is 1. The molecule has 1 atom stereocenters. The van der Waals surface area contributed by atoms with Gasteiger partial charge in [-0.25, -0.2) is 0 Å². The van der Waals surface area contributed by atoms with Crippen LogP contribution in [0.2, 0.25) is 0 Å². The number of ether oxygens (including phenoxy) is 1. The third-order valence-corrected chi connectivity index (χ3v) is 6.70. The molecule has 1 aliphatic heterocycles. The van der Waals surface area contributed by atoms with E-state index in [0.29, 0.717) is 18.0 Å². The largest absolute Gasteiger partial charge is 0.385 e. The number of pyridine rings is 1. The Hall–Kier alpha value is -2.92. The van der Waals surface area contributed by atoms with Gasteiger partial charge in [0.25, 0.3) is 0 Å². The first-order valence-corrected chi connectivity index (χ1v) is 12.8. The molecular formula is C29H43N5O2. The Morgan fingerprint density at radius 1 is 1.42 bits per heavy atom. The van der Waals surface area contributed by atoms with Gasteiger partial charge in [-0.05, 0) is 63.2 Å². The van der Waals surface area contributed by atoms with Crippen LogP contribution in [0.25, 0.3) is 0 Å².